The van der Waals surface area contributed by atoms with E-state index >= 15 is 0 Å². The SMILES string of the molecule is CCCS(=O)(=O)c1csc(NC(=O)c2ccccc2OC(=O)Oc2ccccn2)n1. The van der Waals surface area contributed by atoms with Crippen molar-refractivity contribution >= 4 is 38.4 Å². The van der Waals surface area contributed by atoms with Crippen LogP contribution < -0.4 is 14.8 Å². The molecule has 0 radical (unpaired) electrons. The molecule has 0 aliphatic rings. The van der Waals surface area contributed by atoms with Gasteiger partial charge < -0.3 is 9.47 Å². The summed E-state index contributed by atoms with van der Waals surface area (Å²) >= 11 is 0.984. The van der Waals surface area contributed by atoms with Gasteiger partial charge in [-0.05, 0) is 24.6 Å². The minimum Gasteiger partial charge on any atom is -0.394 e. The molecule has 0 fully saturated rings. The smallest absolute Gasteiger partial charge is 0.394 e. The van der Waals surface area contributed by atoms with Gasteiger partial charge in [0.25, 0.3) is 5.91 Å². The van der Waals surface area contributed by atoms with Gasteiger partial charge in [0, 0.05) is 17.6 Å². The number of amides is 1. The van der Waals surface area contributed by atoms with E-state index in [1.54, 1.807) is 31.2 Å². The standard InChI is InChI=1S/C19H17N3O6S2/c1-2-11-30(25,26)16-12-29-18(21-16)22-17(23)13-7-3-4-8-14(13)27-19(24)28-15-9-5-6-10-20-15/h3-10,12H,2,11H2,1H3,(H,21,22,23). The predicted octanol–water partition coefficient (Wildman–Crippen LogP) is 3.55. The number of thiazole rings is 1. The summed E-state index contributed by atoms with van der Waals surface area (Å²) < 4.78 is 34.2. The Morgan fingerprint density at radius 1 is 1.10 bits per heavy atom. The number of hydrogen-bond acceptors (Lipinski definition) is 9. The number of para-hydroxylation sites is 1. The summed E-state index contributed by atoms with van der Waals surface area (Å²) in [4.78, 5) is 32.4. The maximum absolute atomic E-state index is 12.6. The van der Waals surface area contributed by atoms with Gasteiger partial charge in [0.05, 0.1) is 11.3 Å². The van der Waals surface area contributed by atoms with Crippen molar-refractivity contribution in [1.29, 1.82) is 0 Å². The molecule has 0 saturated carbocycles. The average Bonchev–Trinajstić information content (AvgIpc) is 3.18. The third-order valence-electron chi connectivity index (χ3n) is 3.65. The molecule has 0 unspecified atom stereocenters. The van der Waals surface area contributed by atoms with E-state index in [1.165, 1.54) is 29.8 Å². The topological polar surface area (TPSA) is 125 Å². The monoisotopic (exact) mass is 447 g/mol. The van der Waals surface area contributed by atoms with Crippen molar-refractivity contribution in [1.82, 2.24) is 9.97 Å². The number of carbonyl (C=O) groups is 2. The molecule has 3 aromatic rings. The number of pyridine rings is 1. The maximum atomic E-state index is 12.6. The normalized spacial score (nSPS) is 11.0. The van der Waals surface area contributed by atoms with Gasteiger partial charge in [-0.2, -0.15) is 0 Å². The van der Waals surface area contributed by atoms with Crippen LogP contribution in [-0.2, 0) is 9.84 Å². The molecule has 1 N–H and O–H groups in total. The number of hydrogen-bond donors (Lipinski definition) is 1. The van der Waals surface area contributed by atoms with E-state index in [2.05, 4.69) is 15.3 Å². The van der Waals surface area contributed by atoms with Crippen LogP contribution in [0.2, 0.25) is 0 Å². The molecule has 2 heterocycles. The van der Waals surface area contributed by atoms with E-state index in [1.807, 2.05) is 0 Å². The molecule has 0 atom stereocenters. The van der Waals surface area contributed by atoms with Gasteiger partial charge in [-0.3, -0.25) is 10.1 Å². The number of sulfone groups is 1. The summed E-state index contributed by atoms with van der Waals surface area (Å²) in [6.07, 6.45) is 0.851. The van der Waals surface area contributed by atoms with E-state index in [4.69, 9.17) is 9.47 Å². The van der Waals surface area contributed by atoms with Gasteiger partial charge in [0.15, 0.2) is 20.0 Å². The predicted molar refractivity (Wildman–Crippen MR) is 110 cm³/mol. The minimum atomic E-state index is -3.49. The summed E-state index contributed by atoms with van der Waals surface area (Å²) in [6.45, 7) is 1.75. The van der Waals surface area contributed by atoms with Crippen LogP contribution in [0.1, 0.15) is 23.7 Å². The zero-order chi connectivity index (χ0) is 21.6. The lowest BCUT2D eigenvalue weighted by molar-refractivity contribution is 0.102. The molecule has 0 bridgehead atoms. The molecule has 2 aromatic heterocycles. The van der Waals surface area contributed by atoms with Crippen molar-refractivity contribution in [3.8, 4) is 11.6 Å². The Balaban J connectivity index is 1.71. The highest BCUT2D eigenvalue weighted by molar-refractivity contribution is 7.91. The van der Waals surface area contributed by atoms with Gasteiger partial charge >= 0.3 is 6.16 Å². The lowest BCUT2D eigenvalue weighted by Gasteiger charge is -2.09. The molecule has 3 rings (SSSR count). The zero-order valence-corrected chi connectivity index (χ0v) is 17.4. The Labute approximate surface area is 176 Å². The molecule has 30 heavy (non-hydrogen) atoms. The Kier molecular flexibility index (Phi) is 6.75. The summed E-state index contributed by atoms with van der Waals surface area (Å²) in [5.74, 6) is -0.636. The molecule has 9 nitrogen and oxygen atoms in total. The maximum Gasteiger partial charge on any atom is 0.520 e. The van der Waals surface area contributed by atoms with Crippen LogP contribution in [0.15, 0.2) is 59.1 Å². The summed E-state index contributed by atoms with van der Waals surface area (Å²) in [5.41, 5.74) is 0.0450. The second-order valence-corrected chi connectivity index (χ2v) is 8.80. The van der Waals surface area contributed by atoms with Crippen molar-refractivity contribution in [2.45, 2.75) is 18.4 Å². The molecular weight excluding hydrogens is 430 g/mol. The van der Waals surface area contributed by atoms with Gasteiger partial charge in [0.1, 0.15) is 5.75 Å². The molecule has 156 valence electrons. The highest BCUT2D eigenvalue weighted by atomic mass is 32.2. The molecule has 0 spiro atoms. The third-order valence-corrected chi connectivity index (χ3v) is 6.34. The van der Waals surface area contributed by atoms with Crippen molar-refractivity contribution in [3.63, 3.8) is 0 Å². The van der Waals surface area contributed by atoms with Crippen LogP contribution in [-0.4, -0.2) is 36.2 Å². The van der Waals surface area contributed by atoms with Crippen LogP contribution in [0.3, 0.4) is 0 Å². The molecular formula is C19H17N3O6S2. The van der Waals surface area contributed by atoms with E-state index < -0.39 is 21.9 Å². The van der Waals surface area contributed by atoms with Gasteiger partial charge in [-0.15, -0.1) is 11.3 Å². The zero-order valence-electron chi connectivity index (χ0n) is 15.8. The first-order valence-corrected chi connectivity index (χ1v) is 11.3. The number of benzene rings is 1. The highest BCUT2D eigenvalue weighted by Gasteiger charge is 2.20. The number of ether oxygens (including phenoxy) is 2. The second kappa shape index (κ2) is 9.46. The number of carbonyl (C=O) groups excluding carboxylic acids is 2. The summed E-state index contributed by atoms with van der Waals surface area (Å²) in [6, 6.07) is 10.8. The van der Waals surface area contributed by atoms with Gasteiger partial charge in [-0.1, -0.05) is 25.1 Å². The molecule has 0 aliphatic carbocycles. The van der Waals surface area contributed by atoms with Crippen LogP contribution in [0.25, 0.3) is 0 Å². The van der Waals surface area contributed by atoms with Crippen LogP contribution >= 0.6 is 11.3 Å². The second-order valence-electron chi connectivity index (χ2n) is 5.88. The van der Waals surface area contributed by atoms with Crippen molar-refractivity contribution in [2.75, 3.05) is 11.1 Å². The molecule has 1 amide bonds. The first kappa shape index (κ1) is 21.4. The van der Waals surface area contributed by atoms with Crippen molar-refractivity contribution in [3.05, 3.63) is 59.6 Å². The Morgan fingerprint density at radius 2 is 1.87 bits per heavy atom. The first-order chi connectivity index (χ1) is 14.4. The Morgan fingerprint density at radius 3 is 2.60 bits per heavy atom. The number of rotatable bonds is 7. The van der Waals surface area contributed by atoms with Gasteiger partial charge in [-0.25, -0.2) is 23.2 Å². The molecule has 0 saturated heterocycles. The van der Waals surface area contributed by atoms with Crippen molar-refractivity contribution < 1.29 is 27.5 Å². The highest BCUT2D eigenvalue weighted by Crippen LogP contribution is 2.24. The van der Waals surface area contributed by atoms with Crippen LogP contribution in [0.4, 0.5) is 9.93 Å². The summed E-state index contributed by atoms with van der Waals surface area (Å²) in [7, 11) is -3.49. The Hall–Kier alpha value is -3.31. The average molecular weight is 447 g/mol. The largest absolute Gasteiger partial charge is 0.520 e. The molecule has 11 heteroatoms. The summed E-state index contributed by atoms with van der Waals surface area (Å²) in [5, 5.41) is 3.91. The fourth-order valence-electron chi connectivity index (χ4n) is 2.34. The minimum absolute atomic E-state index is 0.0286. The number of anilines is 1. The lowest BCUT2D eigenvalue weighted by atomic mass is 10.2. The van der Waals surface area contributed by atoms with E-state index in [-0.39, 0.29) is 33.1 Å². The van der Waals surface area contributed by atoms with E-state index in [9.17, 15) is 18.0 Å². The van der Waals surface area contributed by atoms with Crippen molar-refractivity contribution in [2.24, 2.45) is 0 Å². The fraction of sp³-hybridized carbons (Fsp3) is 0.158. The van der Waals surface area contributed by atoms with Gasteiger partial charge in [0.2, 0.25) is 5.88 Å². The number of nitrogens with one attached hydrogen (secondary N) is 1. The first-order valence-electron chi connectivity index (χ1n) is 8.78. The quantitative estimate of drug-likeness (QED) is 0.431. The molecule has 0 aliphatic heterocycles. The van der Waals surface area contributed by atoms with Crippen LogP contribution in [0.5, 0.6) is 11.6 Å². The number of aromatic nitrogens is 2. The molecule has 1 aromatic carbocycles. The third kappa shape index (κ3) is 5.39. The van der Waals surface area contributed by atoms with E-state index in [0.29, 0.717) is 6.42 Å². The van der Waals surface area contributed by atoms with E-state index in [0.717, 1.165) is 11.3 Å². The lowest BCUT2D eigenvalue weighted by Crippen LogP contribution is -2.18. The number of nitrogens with zero attached hydrogens (tertiary/aromatic N) is 2. The Bertz CT molecular complexity index is 1150. The fourth-order valence-corrected chi connectivity index (χ4v) is 4.68. The van der Waals surface area contributed by atoms with Crippen LogP contribution in [0, 0.1) is 0 Å².